The van der Waals surface area contributed by atoms with E-state index in [2.05, 4.69) is 93.7 Å². The summed E-state index contributed by atoms with van der Waals surface area (Å²) in [6, 6.07) is 0. The minimum Gasteiger partial charge on any atom is -0.462 e. The summed E-state index contributed by atoms with van der Waals surface area (Å²) in [6.07, 6.45) is 85.0. The molecule has 0 aliphatic heterocycles. The van der Waals surface area contributed by atoms with E-state index < -0.39 is 6.10 Å². The van der Waals surface area contributed by atoms with Crippen LogP contribution < -0.4 is 0 Å². The highest BCUT2D eigenvalue weighted by Crippen LogP contribution is 2.17. The quantitative estimate of drug-likeness (QED) is 0.0261. The van der Waals surface area contributed by atoms with E-state index in [4.69, 9.17) is 14.2 Å². The third-order valence-electron chi connectivity index (χ3n) is 14.7. The Morgan fingerprint density at radius 2 is 0.506 bits per heavy atom. The molecule has 446 valence electrons. The molecule has 0 saturated carbocycles. The molecule has 0 spiro atoms. The van der Waals surface area contributed by atoms with Crippen LogP contribution in [-0.2, 0) is 28.6 Å². The Balaban J connectivity index is 4.15. The van der Waals surface area contributed by atoms with Gasteiger partial charge in [0.2, 0.25) is 0 Å². The number of carbonyl (C=O) groups excluding carboxylic acids is 3. The first kappa shape index (κ1) is 73.8. The van der Waals surface area contributed by atoms with Crippen molar-refractivity contribution in [2.75, 3.05) is 13.2 Å². The van der Waals surface area contributed by atoms with Gasteiger partial charge < -0.3 is 14.2 Å². The van der Waals surface area contributed by atoms with E-state index in [1.54, 1.807) is 0 Å². The molecule has 0 aromatic heterocycles. The van der Waals surface area contributed by atoms with E-state index >= 15 is 0 Å². The van der Waals surface area contributed by atoms with Gasteiger partial charge in [0.05, 0.1) is 0 Å². The number of hydrogen-bond acceptors (Lipinski definition) is 6. The van der Waals surface area contributed by atoms with Crippen LogP contribution in [0, 0.1) is 0 Å². The van der Waals surface area contributed by atoms with Crippen molar-refractivity contribution in [1.82, 2.24) is 0 Å². The van der Waals surface area contributed by atoms with E-state index in [-0.39, 0.29) is 31.1 Å². The maximum absolute atomic E-state index is 12.9. The Hall–Kier alpha value is -3.15. The zero-order valence-corrected chi connectivity index (χ0v) is 51.2. The highest BCUT2D eigenvalue weighted by molar-refractivity contribution is 5.71. The third-order valence-corrected chi connectivity index (χ3v) is 14.7. The van der Waals surface area contributed by atoms with Gasteiger partial charge in [-0.3, -0.25) is 14.4 Å². The molecule has 0 aromatic carbocycles. The van der Waals surface area contributed by atoms with Crippen LogP contribution in [0.1, 0.15) is 342 Å². The van der Waals surface area contributed by atoms with Gasteiger partial charge in [0.1, 0.15) is 13.2 Å². The second-order valence-corrected chi connectivity index (χ2v) is 22.3. The molecule has 77 heavy (non-hydrogen) atoms. The average molecular weight is 1080 g/mol. The first-order valence-electron chi connectivity index (χ1n) is 33.4. The lowest BCUT2D eigenvalue weighted by atomic mass is 10.0. The topological polar surface area (TPSA) is 78.9 Å². The predicted molar refractivity (Wildman–Crippen MR) is 335 cm³/mol. The van der Waals surface area contributed by atoms with Crippen LogP contribution in [0.15, 0.2) is 72.9 Å². The molecule has 0 aromatic rings. The molecule has 0 aliphatic rings. The van der Waals surface area contributed by atoms with Crippen LogP contribution >= 0.6 is 0 Å². The molecule has 1 atom stereocenters. The van der Waals surface area contributed by atoms with Crippen molar-refractivity contribution in [3.8, 4) is 0 Å². The van der Waals surface area contributed by atoms with Crippen LogP contribution in [0.4, 0.5) is 0 Å². The molecule has 1 unspecified atom stereocenters. The Morgan fingerprint density at radius 1 is 0.273 bits per heavy atom. The summed E-state index contributed by atoms with van der Waals surface area (Å²) in [5, 5.41) is 0. The van der Waals surface area contributed by atoms with Gasteiger partial charge >= 0.3 is 17.9 Å². The van der Waals surface area contributed by atoms with Crippen molar-refractivity contribution in [1.29, 1.82) is 0 Å². The Labute approximate surface area is 478 Å². The lowest BCUT2D eigenvalue weighted by Crippen LogP contribution is -2.30. The maximum atomic E-state index is 12.9. The number of rotatable bonds is 61. The van der Waals surface area contributed by atoms with Crippen molar-refractivity contribution >= 4 is 17.9 Å². The summed E-state index contributed by atoms with van der Waals surface area (Å²) in [7, 11) is 0. The summed E-state index contributed by atoms with van der Waals surface area (Å²) in [4.78, 5) is 38.3. The van der Waals surface area contributed by atoms with Crippen molar-refractivity contribution in [3.05, 3.63) is 72.9 Å². The van der Waals surface area contributed by atoms with Crippen molar-refractivity contribution in [2.45, 2.75) is 348 Å². The first-order chi connectivity index (χ1) is 38.0. The highest BCUT2D eigenvalue weighted by atomic mass is 16.6. The SMILES string of the molecule is CC/C=C\C/C=C\C/C=C\C/C=C\CCCCCCCCCCCCCCCCCCCCC(=O)OCC(COC(=O)CCCCCCC/C=C\CCCCC)OC(=O)CCCCCCC/C=C\CCCCCCCCC. The lowest BCUT2D eigenvalue weighted by Gasteiger charge is -2.18. The van der Waals surface area contributed by atoms with E-state index in [9.17, 15) is 14.4 Å². The third kappa shape index (κ3) is 63.6. The minimum atomic E-state index is -0.781. The van der Waals surface area contributed by atoms with Gasteiger partial charge in [-0.2, -0.15) is 0 Å². The molecule has 0 saturated heterocycles. The summed E-state index contributed by atoms with van der Waals surface area (Å²) in [5.74, 6) is -0.878. The molecular formula is C71H126O6. The van der Waals surface area contributed by atoms with Crippen LogP contribution in [-0.4, -0.2) is 37.2 Å². The second kappa shape index (κ2) is 65.4. The van der Waals surface area contributed by atoms with E-state index in [0.29, 0.717) is 19.3 Å². The van der Waals surface area contributed by atoms with Gasteiger partial charge in [0.15, 0.2) is 6.10 Å². The molecule has 6 heteroatoms. The Morgan fingerprint density at radius 3 is 0.831 bits per heavy atom. The molecule has 0 fully saturated rings. The molecule has 0 bridgehead atoms. The fourth-order valence-electron chi connectivity index (χ4n) is 9.66. The predicted octanol–water partition coefficient (Wildman–Crippen LogP) is 22.9. The van der Waals surface area contributed by atoms with Gasteiger partial charge in [-0.15, -0.1) is 0 Å². The van der Waals surface area contributed by atoms with E-state index in [1.165, 1.54) is 205 Å². The molecule has 6 nitrogen and oxygen atoms in total. The number of unbranched alkanes of at least 4 members (excludes halogenated alkanes) is 38. The molecule has 0 amide bonds. The maximum Gasteiger partial charge on any atom is 0.306 e. The molecule has 0 N–H and O–H groups in total. The Bertz CT molecular complexity index is 1420. The minimum absolute atomic E-state index is 0.0774. The number of allylic oxidation sites excluding steroid dienone is 12. The van der Waals surface area contributed by atoms with Crippen molar-refractivity contribution in [2.24, 2.45) is 0 Å². The average Bonchev–Trinajstić information content (AvgIpc) is 3.43. The van der Waals surface area contributed by atoms with Gasteiger partial charge in [0, 0.05) is 19.3 Å². The molecule has 0 rings (SSSR count). The van der Waals surface area contributed by atoms with Gasteiger partial charge in [-0.1, -0.05) is 286 Å². The number of carbonyl (C=O) groups is 3. The van der Waals surface area contributed by atoms with Gasteiger partial charge in [-0.25, -0.2) is 0 Å². The van der Waals surface area contributed by atoms with Crippen LogP contribution in [0.2, 0.25) is 0 Å². The van der Waals surface area contributed by atoms with Crippen LogP contribution in [0.5, 0.6) is 0 Å². The summed E-state index contributed by atoms with van der Waals surface area (Å²) in [6.45, 7) is 6.53. The van der Waals surface area contributed by atoms with Gasteiger partial charge in [0.25, 0.3) is 0 Å². The molecule has 0 heterocycles. The largest absolute Gasteiger partial charge is 0.462 e. The number of esters is 3. The molecule has 0 radical (unpaired) electrons. The monoisotopic (exact) mass is 1070 g/mol. The molecule has 0 aliphatic carbocycles. The zero-order valence-electron chi connectivity index (χ0n) is 51.2. The fraction of sp³-hybridized carbons (Fsp3) is 0.789. The number of ether oxygens (including phenoxy) is 3. The first-order valence-corrected chi connectivity index (χ1v) is 33.4. The normalized spacial score (nSPS) is 12.5. The van der Waals surface area contributed by atoms with E-state index in [1.807, 2.05) is 0 Å². The smallest absolute Gasteiger partial charge is 0.306 e. The number of hydrogen-bond donors (Lipinski definition) is 0. The zero-order chi connectivity index (χ0) is 55.7. The lowest BCUT2D eigenvalue weighted by molar-refractivity contribution is -0.167. The molecular weight excluding hydrogens is 949 g/mol. The van der Waals surface area contributed by atoms with Gasteiger partial charge in [-0.05, 0) is 109 Å². The standard InChI is InChI=1S/C71H126O6/c1-4-7-10-13-16-19-22-25-27-29-30-31-32-33-34-35-36-37-38-39-40-41-42-43-45-46-49-52-55-58-61-64-70(73)76-67-68(66-75-69(72)63-60-57-54-51-48-24-21-18-15-12-9-6-3)77-71(74)65-62-59-56-53-50-47-44-28-26-23-20-17-14-11-8-5-2/h7,10,16,18-19,21,25,27-28,30-31,44,68H,4-6,8-9,11-15,17,20,22-24,26,29,32-43,45-67H2,1-3H3/b10-7-,19-16-,21-18-,27-25-,31-30-,44-28-. The Kier molecular flexibility index (Phi) is 62.7. The highest BCUT2D eigenvalue weighted by Gasteiger charge is 2.19. The second-order valence-electron chi connectivity index (χ2n) is 22.3. The van der Waals surface area contributed by atoms with Crippen molar-refractivity contribution < 1.29 is 28.6 Å². The van der Waals surface area contributed by atoms with E-state index in [0.717, 1.165) is 96.3 Å². The fourth-order valence-corrected chi connectivity index (χ4v) is 9.66. The van der Waals surface area contributed by atoms with Crippen LogP contribution in [0.3, 0.4) is 0 Å². The summed E-state index contributed by atoms with van der Waals surface area (Å²) < 4.78 is 16.9. The summed E-state index contributed by atoms with van der Waals surface area (Å²) in [5.41, 5.74) is 0. The summed E-state index contributed by atoms with van der Waals surface area (Å²) >= 11 is 0. The van der Waals surface area contributed by atoms with Crippen molar-refractivity contribution in [3.63, 3.8) is 0 Å². The van der Waals surface area contributed by atoms with Crippen LogP contribution in [0.25, 0.3) is 0 Å².